The standard InChI is InChI=1S/C10H22OSi/c1-8(2)10-9(12(3)4)6-5-7-11-10/h8-10,12H,5-7H2,1-4H3. The van der Waals surface area contributed by atoms with Crippen LogP contribution in [0.25, 0.3) is 0 Å². The molecule has 0 radical (unpaired) electrons. The zero-order valence-corrected chi connectivity index (χ0v) is 9.99. The van der Waals surface area contributed by atoms with Crippen LogP contribution in [0.3, 0.4) is 0 Å². The second kappa shape index (κ2) is 4.42. The largest absolute Gasteiger partial charge is 0.378 e. The highest BCUT2D eigenvalue weighted by atomic mass is 28.3. The van der Waals surface area contributed by atoms with Gasteiger partial charge in [-0.25, -0.2) is 0 Å². The van der Waals surface area contributed by atoms with Crippen LogP contribution in [0.5, 0.6) is 0 Å². The molecule has 72 valence electrons. The third-order valence-corrected chi connectivity index (χ3v) is 5.35. The van der Waals surface area contributed by atoms with Gasteiger partial charge >= 0.3 is 0 Å². The number of hydrogen-bond donors (Lipinski definition) is 0. The summed E-state index contributed by atoms with van der Waals surface area (Å²) >= 11 is 0. The maximum Gasteiger partial charge on any atom is 0.0599 e. The third-order valence-electron chi connectivity index (χ3n) is 2.93. The molecular weight excluding hydrogens is 164 g/mol. The smallest absolute Gasteiger partial charge is 0.0599 e. The highest BCUT2D eigenvalue weighted by Gasteiger charge is 2.30. The molecule has 1 fully saturated rings. The fourth-order valence-electron chi connectivity index (χ4n) is 2.23. The average molecular weight is 186 g/mol. The van der Waals surface area contributed by atoms with Gasteiger partial charge < -0.3 is 4.74 Å². The van der Waals surface area contributed by atoms with Crippen molar-refractivity contribution in [2.75, 3.05) is 6.61 Å². The summed E-state index contributed by atoms with van der Waals surface area (Å²) in [5.41, 5.74) is 0.929. The summed E-state index contributed by atoms with van der Waals surface area (Å²) in [5.74, 6) is 0.713. The van der Waals surface area contributed by atoms with E-state index < -0.39 is 8.80 Å². The molecule has 2 atom stereocenters. The van der Waals surface area contributed by atoms with Crippen LogP contribution in [0.15, 0.2) is 0 Å². The van der Waals surface area contributed by atoms with Gasteiger partial charge in [0, 0.05) is 15.4 Å². The van der Waals surface area contributed by atoms with Crippen LogP contribution in [0, 0.1) is 5.92 Å². The molecule has 0 aromatic heterocycles. The minimum absolute atomic E-state index is 0.491. The Balaban J connectivity index is 2.54. The minimum atomic E-state index is -0.491. The molecule has 1 rings (SSSR count). The molecular formula is C10H22OSi. The van der Waals surface area contributed by atoms with Gasteiger partial charge in [0.25, 0.3) is 0 Å². The van der Waals surface area contributed by atoms with Crippen LogP contribution in [-0.2, 0) is 4.74 Å². The molecule has 0 aromatic rings. The number of rotatable bonds is 2. The zero-order valence-electron chi connectivity index (χ0n) is 8.84. The predicted molar refractivity (Wildman–Crippen MR) is 56.4 cm³/mol. The molecule has 1 heterocycles. The van der Waals surface area contributed by atoms with E-state index >= 15 is 0 Å². The zero-order chi connectivity index (χ0) is 9.14. The molecule has 0 bridgehead atoms. The molecule has 1 aliphatic heterocycles. The molecule has 1 aliphatic rings. The van der Waals surface area contributed by atoms with E-state index in [9.17, 15) is 0 Å². The van der Waals surface area contributed by atoms with Crippen molar-refractivity contribution in [3.63, 3.8) is 0 Å². The second-order valence-electron chi connectivity index (χ2n) is 4.63. The van der Waals surface area contributed by atoms with Crippen molar-refractivity contribution in [2.24, 2.45) is 5.92 Å². The summed E-state index contributed by atoms with van der Waals surface area (Å²) in [5, 5.41) is 0. The van der Waals surface area contributed by atoms with Gasteiger partial charge in [-0.05, 0) is 24.3 Å². The molecule has 0 N–H and O–H groups in total. The summed E-state index contributed by atoms with van der Waals surface area (Å²) in [6.07, 6.45) is 3.29. The van der Waals surface area contributed by atoms with Crippen LogP contribution >= 0.6 is 0 Å². The van der Waals surface area contributed by atoms with Crippen LogP contribution < -0.4 is 0 Å². The van der Waals surface area contributed by atoms with Gasteiger partial charge in [0.1, 0.15) is 0 Å². The molecule has 0 amide bonds. The molecule has 1 saturated heterocycles. The van der Waals surface area contributed by atoms with Gasteiger partial charge in [0.15, 0.2) is 0 Å². The van der Waals surface area contributed by atoms with Crippen molar-refractivity contribution in [1.29, 1.82) is 0 Å². The van der Waals surface area contributed by atoms with Crippen molar-refractivity contribution in [3.8, 4) is 0 Å². The Labute approximate surface area is 78.1 Å². The first kappa shape index (κ1) is 10.3. The fraction of sp³-hybridized carbons (Fsp3) is 1.00. The summed E-state index contributed by atoms with van der Waals surface area (Å²) < 4.78 is 5.85. The highest BCUT2D eigenvalue weighted by molar-refractivity contribution is 6.57. The molecule has 12 heavy (non-hydrogen) atoms. The molecule has 0 aromatic carbocycles. The van der Waals surface area contributed by atoms with Crippen LogP contribution in [0.1, 0.15) is 26.7 Å². The Morgan fingerprint density at radius 1 is 1.33 bits per heavy atom. The first-order chi connectivity index (χ1) is 5.63. The summed E-state index contributed by atoms with van der Waals surface area (Å²) in [4.78, 5) is 0. The SMILES string of the molecule is CC(C)C1OCCCC1[SiH](C)C. The van der Waals surface area contributed by atoms with E-state index in [4.69, 9.17) is 4.74 Å². The average Bonchev–Trinajstić information content (AvgIpc) is 2.04. The van der Waals surface area contributed by atoms with Gasteiger partial charge in [-0.2, -0.15) is 0 Å². The Morgan fingerprint density at radius 2 is 2.00 bits per heavy atom. The fourth-order valence-corrected chi connectivity index (χ4v) is 4.44. The van der Waals surface area contributed by atoms with Gasteiger partial charge in [-0.15, -0.1) is 0 Å². The Bertz CT molecular complexity index is 118. The summed E-state index contributed by atoms with van der Waals surface area (Å²) in [6, 6.07) is 0. The van der Waals surface area contributed by atoms with E-state index in [0.29, 0.717) is 12.0 Å². The Kier molecular flexibility index (Phi) is 3.78. The van der Waals surface area contributed by atoms with E-state index in [1.807, 2.05) is 0 Å². The topological polar surface area (TPSA) is 9.23 Å². The number of hydrogen-bond acceptors (Lipinski definition) is 1. The molecule has 0 spiro atoms. The van der Waals surface area contributed by atoms with E-state index in [2.05, 4.69) is 26.9 Å². The van der Waals surface area contributed by atoms with Crippen LogP contribution in [0.4, 0.5) is 0 Å². The molecule has 0 aliphatic carbocycles. The van der Waals surface area contributed by atoms with E-state index in [0.717, 1.165) is 12.1 Å². The van der Waals surface area contributed by atoms with E-state index in [1.54, 1.807) is 0 Å². The van der Waals surface area contributed by atoms with Crippen molar-refractivity contribution < 1.29 is 4.74 Å². The van der Waals surface area contributed by atoms with Gasteiger partial charge in [0.05, 0.1) is 6.10 Å². The summed E-state index contributed by atoms with van der Waals surface area (Å²) in [7, 11) is -0.491. The highest BCUT2D eigenvalue weighted by Crippen LogP contribution is 2.33. The van der Waals surface area contributed by atoms with Gasteiger partial charge in [-0.1, -0.05) is 26.9 Å². The second-order valence-corrected chi connectivity index (χ2v) is 7.97. The summed E-state index contributed by atoms with van der Waals surface area (Å²) in [6.45, 7) is 10.5. The van der Waals surface area contributed by atoms with Crippen molar-refractivity contribution >= 4 is 8.80 Å². The van der Waals surface area contributed by atoms with E-state index in [-0.39, 0.29) is 0 Å². The van der Waals surface area contributed by atoms with Crippen LogP contribution in [-0.4, -0.2) is 21.5 Å². The third kappa shape index (κ3) is 2.33. The van der Waals surface area contributed by atoms with Crippen molar-refractivity contribution in [2.45, 2.75) is 51.4 Å². The monoisotopic (exact) mass is 186 g/mol. The normalized spacial score (nSPS) is 31.5. The van der Waals surface area contributed by atoms with Crippen LogP contribution in [0.2, 0.25) is 18.6 Å². The molecule has 2 heteroatoms. The van der Waals surface area contributed by atoms with E-state index in [1.165, 1.54) is 12.8 Å². The van der Waals surface area contributed by atoms with Crippen molar-refractivity contribution in [3.05, 3.63) is 0 Å². The minimum Gasteiger partial charge on any atom is -0.378 e. The number of ether oxygens (including phenoxy) is 1. The Morgan fingerprint density at radius 3 is 2.42 bits per heavy atom. The Hall–Kier alpha value is 0.177. The predicted octanol–water partition coefficient (Wildman–Crippen LogP) is 2.68. The maximum absolute atomic E-state index is 5.85. The molecule has 2 unspecified atom stereocenters. The lowest BCUT2D eigenvalue weighted by Crippen LogP contribution is -2.36. The van der Waals surface area contributed by atoms with Gasteiger partial charge in [-0.3, -0.25) is 0 Å². The lowest BCUT2D eigenvalue weighted by atomic mass is 9.98. The van der Waals surface area contributed by atoms with Crippen molar-refractivity contribution in [1.82, 2.24) is 0 Å². The lowest BCUT2D eigenvalue weighted by molar-refractivity contribution is -0.0121. The molecule has 1 nitrogen and oxygen atoms in total. The maximum atomic E-state index is 5.85. The first-order valence-corrected chi connectivity index (χ1v) is 8.22. The quantitative estimate of drug-likeness (QED) is 0.603. The van der Waals surface area contributed by atoms with Gasteiger partial charge in [0.2, 0.25) is 0 Å². The lowest BCUT2D eigenvalue weighted by Gasteiger charge is -2.36. The molecule has 0 saturated carbocycles. The first-order valence-electron chi connectivity index (χ1n) is 5.24.